The lowest BCUT2D eigenvalue weighted by atomic mass is 9.75. The van der Waals surface area contributed by atoms with Crippen molar-refractivity contribution in [3.05, 3.63) is 53.7 Å². The normalized spacial score (nSPS) is 30.9. The van der Waals surface area contributed by atoms with Crippen LogP contribution in [0.5, 0.6) is 5.75 Å². The number of nitrogen functional groups attached to an aromatic ring is 1. The van der Waals surface area contributed by atoms with Crippen LogP contribution in [0.3, 0.4) is 0 Å². The molecule has 0 unspecified atom stereocenters. The van der Waals surface area contributed by atoms with E-state index in [1.165, 1.54) is 18.4 Å². The van der Waals surface area contributed by atoms with E-state index in [2.05, 4.69) is 26.9 Å². The van der Waals surface area contributed by atoms with E-state index in [0.29, 0.717) is 29.3 Å². The van der Waals surface area contributed by atoms with Crippen molar-refractivity contribution < 1.29 is 9.53 Å². The van der Waals surface area contributed by atoms with Gasteiger partial charge < -0.3 is 15.4 Å². The molecule has 4 fully saturated rings. The van der Waals surface area contributed by atoms with E-state index < -0.39 is 0 Å². The number of methoxy groups -OCH3 is 1. The number of nitrogens with two attached hydrogens (primary N) is 1. The number of ether oxygens (including phenoxy) is 1. The molecule has 1 aromatic heterocycles. The van der Waals surface area contributed by atoms with E-state index in [-0.39, 0.29) is 11.9 Å². The molecule has 4 saturated heterocycles. The van der Waals surface area contributed by atoms with Gasteiger partial charge in [0.15, 0.2) is 0 Å². The SMILES string of the molecule is COc1cccc([C@@H]2CN(C(=O)c3ccnc(N)c3)[C@@H]3C4CCN(CC4)[C@@H]32)c1. The first-order chi connectivity index (χ1) is 13.7. The highest BCUT2D eigenvalue weighted by Gasteiger charge is 2.54. The zero-order valence-electron chi connectivity index (χ0n) is 16.1. The molecule has 0 saturated carbocycles. The first-order valence-electron chi connectivity index (χ1n) is 10.1. The summed E-state index contributed by atoms with van der Waals surface area (Å²) in [5.41, 5.74) is 7.72. The van der Waals surface area contributed by atoms with Crippen molar-refractivity contribution >= 4 is 11.7 Å². The van der Waals surface area contributed by atoms with Crippen LogP contribution < -0.4 is 10.5 Å². The molecule has 0 radical (unpaired) electrons. The second-order valence-corrected chi connectivity index (χ2v) is 8.16. The molecule has 1 aromatic carbocycles. The van der Waals surface area contributed by atoms with E-state index in [1.807, 2.05) is 12.1 Å². The number of carbonyl (C=O) groups excluding carboxylic acids is 1. The second kappa shape index (κ2) is 6.78. The number of piperidine rings is 3. The summed E-state index contributed by atoms with van der Waals surface area (Å²) >= 11 is 0. The molecule has 2 N–H and O–H groups in total. The van der Waals surface area contributed by atoms with Crippen LogP contribution >= 0.6 is 0 Å². The van der Waals surface area contributed by atoms with Crippen LogP contribution in [0.4, 0.5) is 5.82 Å². The molecule has 0 spiro atoms. The molecule has 2 aromatic rings. The highest BCUT2D eigenvalue weighted by molar-refractivity contribution is 5.95. The van der Waals surface area contributed by atoms with Gasteiger partial charge >= 0.3 is 0 Å². The summed E-state index contributed by atoms with van der Waals surface area (Å²) in [6, 6.07) is 12.4. The Morgan fingerprint density at radius 2 is 2.00 bits per heavy atom. The van der Waals surface area contributed by atoms with Gasteiger partial charge in [0.1, 0.15) is 11.6 Å². The molecule has 2 bridgehead atoms. The Balaban J connectivity index is 1.53. The van der Waals surface area contributed by atoms with E-state index in [4.69, 9.17) is 10.5 Å². The van der Waals surface area contributed by atoms with Crippen LogP contribution in [0.2, 0.25) is 0 Å². The van der Waals surface area contributed by atoms with Gasteiger partial charge in [0.2, 0.25) is 0 Å². The number of anilines is 1. The molecule has 28 heavy (non-hydrogen) atoms. The maximum atomic E-state index is 13.4. The zero-order chi connectivity index (χ0) is 19.3. The number of likely N-dealkylation sites (tertiary alicyclic amines) is 1. The Labute approximate surface area is 165 Å². The third-order valence-electron chi connectivity index (χ3n) is 6.81. The fraction of sp³-hybridized carbons (Fsp3) is 0.455. The number of fused-ring (bicyclic) bond motifs is 2. The molecule has 1 amide bonds. The van der Waals surface area contributed by atoms with Crippen molar-refractivity contribution in [3.8, 4) is 5.75 Å². The van der Waals surface area contributed by atoms with Crippen LogP contribution in [0.25, 0.3) is 0 Å². The molecular formula is C22H26N4O2. The fourth-order valence-corrected chi connectivity index (χ4v) is 5.57. The van der Waals surface area contributed by atoms with E-state index in [9.17, 15) is 4.79 Å². The number of nitrogens with zero attached hydrogens (tertiary/aromatic N) is 3. The molecule has 6 heteroatoms. The van der Waals surface area contributed by atoms with Crippen LogP contribution in [0, 0.1) is 5.92 Å². The molecule has 146 valence electrons. The first kappa shape index (κ1) is 17.5. The predicted octanol–water partition coefficient (Wildman–Crippen LogP) is 2.37. The van der Waals surface area contributed by atoms with Gasteiger partial charge in [-0.3, -0.25) is 9.69 Å². The number of benzene rings is 1. The average Bonchev–Trinajstić information content (AvgIpc) is 3.17. The van der Waals surface area contributed by atoms with Crippen LogP contribution in [-0.2, 0) is 0 Å². The van der Waals surface area contributed by atoms with Crippen molar-refractivity contribution in [3.63, 3.8) is 0 Å². The molecule has 5 heterocycles. The average molecular weight is 378 g/mol. The zero-order valence-corrected chi connectivity index (χ0v) is 16.1. The van der Waals surface area contributed by atoms with Gasteiger partial charge in [0.25, 0.3) is 5.91 Å². The Morgan fingerprint density at radius 3 is 2.75 bits per heavy atom. The number of aromatic nitrogens is 1. The van der Waals surface area contributed by atoms with Crippen molar-refractivity contribution in [1.82, 2.24) is 14.8 Å². The number of hydrogen-bond acceptors (Lipinski definition) is 5. The molecule has 6 nitrogen and oxygen atoms in total. The van der Waals surface area contributed by atoms with E-state index in [0.717, 1.165) is 25.4 Å². The molecule has 4 aliphatic heterocycles. The van der Waals surface area contributed by atoms with Crippen molar-refractivity contribution in [1.29, 1.82) is 0 Å². The maximum Gasteiger partial charge on any atom is 0.254 e. The summed E-state index contributed by atoms with van der Waals surface area (Å²) in [4.78, 5) is 22.2. The Hall–Kier alpha value is -2.60. The molecule has 0 aliphatic carbocycles. The van der Waals surface area contributed by atoms with Crippen molar-refractivity contribution in [2.75, 3.05) is 32.5 Å². The van der Waals surface area contributed by atoms with Crippen molar-refractivity contribution in [2.45, 2.75) is 30.8 Å². The summed E-state index contributed by atoms with van der Waals surface area (Å²) in [5, 5.41) is 0. The highest BCUT2D eigenvalue weighted by atomic mass is 16.5. The monoisotopic (exact) mass is 378 g/mol. The third-order valence-corrected chi connectivity index (χ3v) is 6.81. The first-order valence-corrected chi connectivity index (χ1v) is 10.1. The summed E-state index contributed by atoms with van der Waals surface area (Å²) in [6.07, 6.45) is 3.97. The molecule has 4 aliphatic rings. The Morgan fingerprint density at radius 1 is 1.18 bits per heavy atom. The second-order valence-electron chi connectivity index (χ2n) is 8.16. The van der Waals surface area contributed by atoms with Gasteiger partial charge in [0, 0.05) is 30.3 Å². The minimum absolute atomic E-state index is 0.0725. The van der Waals surface area contributed by atoms with Crippen LogP contribution in [0.15, 0.2) is 42.6 Å². The molecule has 6 rings (SSSR count). The van der Waals surface area contributed by atoms with Gasteiger partial charge in [-0.25, -0.2) is 4.98 Å². The summed E-state index contributed by atoms with van der Waals surface area (Å²) < 4.78 is 5.45. The van der Waals surface area contributed by atoms with Gasteiger partial charge in [-0.2, -0.15) is 0 Å². The topological polar surface area (TPSA) is 71.7 Å². The summed E-state index contributed by atoms with van der Waals surface area (Å²) in [6.45, 7) is 3.00. The minimum atomic E-state index is 0.0725. The van der Waals surface area contributed by atoms with Gasteiger partial charge in [0.05, 0.1) is 13.2 Å². The standard InChI is InChI=1S/C22H26N4O2/c1-28-17-4-2-3-15(11-17)18-13-26(22(27)16-5-8-24-19(23)12-16)20-14-6-9-25(10-7-14)21(18)20/h2-5,8,11-12,14,18,20-21H,6-7,9-10,13H2,1H3,(H2,23,24)/t18-,20+,21+/m0/s1. The van der Waals surface area contributed by atoms with E-state index >= 15 is 0 Å². The number of carbonyl (C=O) groups is 1. The van der Waals surface area contributed by atoms with Crippen LogP contribution in [0.1, 0.15) is 34.7 Å². The van der Waals surface area contributed by atoms with Gasteiger partial charge in [-0.05, 0) is 61.7 Å². The largest absolute Gasteiger partial charge is 0.497 e. The lowest BCUT2D eigenvalue weighted by Gasteiger charge is -2.51. The Kier molecular flexibility index (Phi) is 4.23. The van der Waals surface area contributed by atoms with E-state index in [1.54, 1.807) is 25.4 Å². The molecular weight excluding hydrogens is 352 g/mol. The number of amides is 1. The van der Waals surface area contributed by atoms with Crippen LogP contribution in [-0.4, -0.2) is 59.5 Å². The summed E-state index contributed by atoms with van der Waals surface area (Å²) in [5.74, 6) is 2.21. The Bertz CT molecular complexity index is 894. The smallest absolute Gasteiger partial charge is 0.254 e. The highest BCUT2D eigenvalue weighted by Crippen LogP contribution is 2.47. The maximum absolute atomic E-state index is 13.4. The lowest BCUT2D eigenvalue weighted by molar-refractivity contribution is -0.00341. The molecule has 3 atom stereocenters. The number of rotatable bonds is 3. The fourth-order valence-electron chi connectivity index (χ4n) is 5.57. The quantitative estimate of drug-likeness (QED) is 0.888. The predicted molar refractivity (Wildman–Crippen MR) is 107 cm³/mol. The lowest BCUT2D eigenvalue weighted by Crippen LogP contribution is -2.60. The third kappa shape index (κ3) is 2.75. The number of hydrogen-bond donors (Lipinski definition) is 1. The van der Waals surface area contributed by atoms with Gasteiger partial charge in [-0.1, -0.05) is 12.1 Å². The number of pyridine rings is 1. The minimum Gasteiger partial charge on any atom is -0.497 e. The summed E-state index contributed by atoms with van der Waals surface area (Å²) in [7, 11) is 1.70. The van der Waals surface area contributed by atoms with Gasteiger partial charge in [-0.15, -0.1) is 0 Å². The van der Waals surface area contributed by atoms with Crippen molar-refractivity contribution in [2.24, 2.45) is 5.92 Å².